The zero-order valence-corrected chi connectivity index (χ0v) is 14.0. The van der Waals surface area contributed by atoms with Crippen molar-refractivity contribution in [2.45, 2.75) is 12.5 Å². The molecule has 2 heterocycles. The first-order valence-electron chi connectivity index (χ1n) is 7.93. The number of H-pyrrole nitrogens is 1. The summed E-state index contributed by atoms with van der Waals surface area (Å²) in [5.41, 5.74) is 1.55. The van der Waals surface area contributed by atoms with Gasteiger partial charge in [-0.05, 0) is 12.1 Å². The molecule has 24 heavy (non-hydrogen) atoms. The zero-order chi connectivity index (χ0) is 17.1. The predicted molar refractivity (Wildman–Crippen MR) is 91.9 cm³/mol. The van der Waals surface area contributed by atoms with E-state index in [9.17, 15) is 9.90 Å². The molecule has 1 atom stereocenters. The molecular formula is C17H19ClN4O2. The summed E-state index contributed by atoms with van der Waals surface area (Å²) in [7, 11) is 0. The number of benzene rings is 1. The first-order valence-corrected chi connectivity index (χ1v) is 8.31. The van der Waals surface area contributed by atoms with Crippen LogP contribution in [0.2, 0.25) is 5.02 Å². The van der Waals surface area contributed by atoms with Crippen LogP contribution < -0.4 is 0 Å². The molecule has 0 aliphatic carbocycles. The molecule has 1 aliphatic heterocycles. The number of hydrogen-bond donors (Lipinski definition) is 2. The number of rotatable bonds is 5. The highest BCUT2D eigenvalue weighted by Crippen LogP contribution is 2.33. The number of carbonyl (C=O) groups is 1. The van der Waals surface area contributed by atoms with Gasteiger partial charge >= 0.3 is 5.97 Å². The number of nitrogens with zero attached hydrogens (tertiary/aromatic N) is 3. The number of aromatic amines is 1. The van der Waals surface area contributed by atoms with Crippen LogP contribution in [0.4, 0.5) is 0 Å². The first-order chi connectivity index (χ1) is 11.6. The Hall–Kier alpha value is -2.07. The van der Waals surface area contributed by atoms with Gasteiger partial charge in [0.2, 0.25) is 0 Å². The van der Waals surface area contributed by atoms with Crippen molar-refractivity contribution in [2.24, 2.45) is 0 Å². The second-order valence-electron chi connectivity index (χ2n) is 5.93. The maximum atomic E-state index is 12.0. The normalized spacial score (nSPS) is 17.7. The van der Waals surface area contributed by atoms with E-state index in [0.29, 0.717) is 30.1 Å². The molecule has 1 aromatic heterocycles. The second kappa shape index (κ2) is 7.22. The van der Waals surface area contributed by atoms with Gasteiger partial charge in [0.1, 0.15) is 6.04 Å². The molecule has 0 amide bonds. The Morgan fingerprint density at radius 2 is 2.12 bits per heavy atom. The van der Waals surface area contributed by atoms with Gasteiger partial charge in [0.05, 0.1) is 11.1 Å². The minimum atomic E-state index is -0.874. The number of piperazine rings is 1. The van der Waals surface area contributed by atoms with Gasteiger partial charge in [0.15, 0.2) is 0 Å². The Bertz CT molecular complexity index is 774. The summed E-state index contributed by atoms with van der Waals surface area (Å²) in [6, 6.07) is 6.93. The summed E-state index contributed by atoms with van der Waals surface area (Å²) in [5, 5.41) is 19.8. The van der Waals surface area contributed by atoms with Crippen LogP contribution in [0.5, 0.6) is 0 Å². The Balaban J connectivity index is 1.84. The number of nitriles is 1. The molecule has 1 saturated heterocycles. The van der Waals surface area contributed by atoms with Crippen molar-refractivity contribution in [2.75, 3.05) is 32.7 Å². The summed E-state index contributed by atoms with van der Waals surface area (Å²) in [5.74, 6) is -0.874. The summed E-state index contributed by atoms with van der Waals surface area (Å²) in [6.45, 7) is 3.57. The van der Waals surface area contributed by atoms with Crippen molar-refractivity contribution in [1.82, 2.24) is 14.8 Å². The Morgan fingerprint density at radius 1 is 1.38 bits per heavy atom. The molecule has 126 valence electrons. The third-order valence-corrected chi connectivity index (χ3v) is 4.84. The van der Waals surface area contributed by atoms with Crippen molar-refractivity contribution in [3.05, 3.63) is 35.0 Å². The van der Waals surface area contributed by atoms with Gasteiger partial charge in [0.25, 0.3) is 0 Å². The lowest BCUT2D eigenvalue weighted by Crippen LogP contribution is -2.49. The average molecular weight is 347 g/mol. The Kier molecular flexibility index (Phi) is 5.05. The highest BCUT2D eigenvalue weighted by Gasteiger charge is 2.32. The molecular weight excluding hydrogens is 328 g/mol. The van der Waals surface area contributed by atoms with E-state index in [2.05, 4.69) is 16.0 Å². The smallest absolute Gasteiger partial charge is 0.325 e. The van der Waals surface area contributed by atoms with E-state index in [1.54, 1.807) is 12.3 Å². The standard InChI is InChI=1S/C17H19ClN4O2/c18-13-3-1-4-14-15(13)12(11-20-14)16(17(23)24)22-9-7-21(8-10-22)6-2-5-19/h1,3-4,11,16,20H,2,6-10H2,(H,23,24). The van der Waals surface area contributed by atoms with Crippen LogP contribution in [0.15, 0.2) is 24.4 Å². The number of carboxylic acids is 1. The minimum absolute atomic E-state index is 0.500. The second-order valence-corrected chi connectivity index (χ2v) is 6.34. The maximum absolute atomic E-state index is 12.0. The number of nitrogens with one attached hydrogen (secondary N) is 1. The van der Waals surface area contributed by atoms with Gasteiger partial charge in [0, 0.05) is 61.8 Å². The van der Waals surface area contributed by atoms with E-state index < -0.39 is 12.0 Å². The Morgan fingerprint density at radius 3 is 2.79 bits per heavy atom. The molecule has 0 saturated carbocycles. The molecule has 1 aliphatic rings. The fourth-order valence-corrected chi connectivity index (χ4v) is 3.60. The van der Waals surface area contributed by atoms with E-state index in [-0.39, 0.29) is 0 Å². The topological polar surface area (TPSA) is 83.4 Å². The van der Waals surface area contributed by atoms with E-state index in [1.807, 2.05) is 17.0 Å². The highest BCUT2D eigenvalue weighted by molar-refractivity contribution is 6.35. The molecule has 0 bridgehead atoms. The van der Waals surface area contributed by atoms with Gasteiger partial charge < -0.3 is 10.1 Å². The van der Waals surface area contributed by atoms with Crippen LogP contribution in [0, 0.1) is 11.3 Å². The third-order valence-electron chi connectivity index (χ3n) is 4.53. The molecule has 0 spiro atoms. The van der Waals surface area contributed by atoms with Gasteiger partial charge in [-0.3, -0.25) is 14.6 Å². The molecule has 2 aromatic rings. The molecule has 7 heteroatoms. The van der Waals surface area contributed by atoms with Gasteiger partial charge in [-0.15, -0.1) is 0 Å². The number of aliphatic carboxylic acids is 1. The molecule has 1 fully saturated rings. The van der Waals surface area contributed by atoms with Gasteiger partial charge in [-0.2, -0.15) is 5.26 Å². The van der Waals surface area contributed by atoms with Gasteiger partial charge in [-0.1, -0.05) is 17.7 Å². The average Bonchev–Trinajstić information content (AvgIpc) is 2.99. The number of fused-ring (bicyclic) bond motifs is 1. The van der Waals surface area contributed by atoms with Crippen molar-refractivity contribution in [3.8, 4) is 6.07 Å². The zero-order valence-electron chi connectivity index (χ0n) is 13.2. The number of aromatic nitrogens is 1. The monoisotopic (exact) mass is 346 g/mol. The maximum Gasteiger partial charge on any atom is 0.325 e. The fourth-order valence-electron chi connectivity index (χ4n) is 3.32. The molecule has 1 aromatic carbocycles. The van der Waals surface area contributed by atoms with Crippen molar-refractivity contribution in [1.29, 1.82) is 5.26 Å². The molecule has 1 unspecified atom stereocenters. The molecule has 6 nitrogen and oxygen atoms in total. The van der Waals surface area contributed by atoms with Crippen molar-refractivity contribution in [3.63, 3.8) is 0 Å². The number of carboxylic acid groups (broad SMARTS) is 1. The molecule has 3 rings (SSSR count). The van der Waals surface area contributed by atoms with Crippen molar-refractivity contribution < 1.29 is 9.90 Å². The minimum Gasteiger partial charge on any atom is -0.480 e. The molecule has 2 N–H and O–H groups in total. The predicted octanol–water partition coefficient (Wildman–Crippen LogP) is 2.48. The Labute approximate surface area is 145 Å². The lowest BCUT2D eigenvalue weighted by atomic mass is 10.0. The van der Waals surface area contributed by atoms with Gasteiger partial charge in [-0.25, -0.2) is 0 Å². The van der Waals surface area contributed by atoms with Crippen LogP contribution in [-0.2, 0) is 4.79 Å². The summed E-state index contributed by atoms with van der Waals surface area (Å²) >= 11 is 6.30. The van der Waals surface area contributed by atoms with E-state index >= 15 is 0 Å². The highest BCUT2D eigenvalue weighted by atomic mass is 35.5. The van der Waals surface area contributed by atoms with E-state index in [1.165, 1.54) is 0 Å². The van der Waals surface area contributed by atoms with Crippen LogP contribution in [-0.4, -0.2) is 58.6 Å². The van der Waals surface area contributed by atoms with E-state index in [0.717, 1.165) is 30.5 Å². The SMILES string of the molecule is N#CCCN1CCN(C(C(=O)O)c2c[nH]c3cccc(Cl)c23)CC1. The van der Waals surface area contributed by atoms with E-state index in [4.69, 9.17) is 16.9 Å². The summed E-state index contributed by atoms with van der Waals surface area (Å²) in [4.78, 5) is 19.2. The van der Waals surface area contributed by atoms with Crippen LogP contribution in [0.1, 0.15) is 18.0 Å². The molecule has 0 radical (unpaired) electrons. The lowest BCUT2D eigenvalue weighted by molar-refractivity contribution is -0.144. The van der Waals surface area contributed by atoms with Crippen molar-refractivity contribution >= 4 is 28.5 Å². The third kappa shape index (κ3) is 3.24. The quantitative estimate of drug-likeness (QED) is 0.869. The number of halogens is 1. The largest absolute Gasteiger partial charge is 0.480 e. The first kappa shape index (κ1) is 16.8. The lowest BCUT2D eigenvalue weighted by Gasteiger charge is -2.37. The summed E-state index contributed by atoms with van der Waals surface area (Å²) < 4.78 is 0. The van der Waals surface area contributed by atoms with Crippen LogP contribution >= 0.6 is 11.6 Å². The summed E-state index contributed by atoms with van der Waals surface area (Å²) in [6.07, 6.45) is 2.25. The van der Waals surface area contributed by atoms with Crippen LogP contribution in [0.3, 0.4) is 0 Å². The fraction of sp³-hybridized carbons (Fsp3) is 0.412. The van der Waals surface area contributed by atoms with Crippen LogP contribution in [0.25, 0.3) is 10.9 Å². The number of hydrogen-bond acceptors (Lipinski definition) is 4.